The number of rotatable bonds is 3. The summed E-state index contributed by atoms with van der Waals surface area (Å²) < 4.78 is 6.95. The fraction of sp³-hybridized carbons (Fsp3) is 0.294. The molecule has 24 heavy (non-hydrogen) atoms. The molecule has 3 aromatic heterocycles. The minimum absolute atomic E-state index is 0.0121. The van der Waals surface area contributed by atoms with Crippen LogP contribution in [0.2, 0.25) is 0 Å². The summed E-state index contributed by atoms with van der Waals surface area (Å²) in [4.78, 5) is 23.1. The highest BCUT2D eigenvalue weighted by Crippen LogP contribution is 2.32. The van der Waals surface area contributed by atoms with Gasteiger partial charge in [-0.2, -0.15) is 0 Å². The van der Waals surface area contributed by atoms with Crippen molar-refractivity contribution in [1.29, 1.82) is 0 Å². The first-order valence-corrected chi connectivity index (χ1v) is 7.91. The smallest absolute Gasteiger partial charge is 0.254 e. The molecule has 1 aliphatic heterocycles. The highest BCUT2D eigenvalue weighted by molar-refractivity contribution is 5.95. The number of nitrogens with zero attached hydrogens (tertiary/aromatic N) is 5. The van der Waals surface area contributed by atoms with E-state index in [4.69, 9.17) is 4.52 Å². The molecule has 4 heterocycles. The fourth-order valence-electron chi connectivity index (χ4n) is 3.11. The SMILES string of the molecule is Cc1cc(C2CCCN2C(=O)c2ccnc(-n3ccnc3)c2)no1. The van der Waals surface area contributed by atoms with Crippen LogP contribution < -0.4 is 0 Å². The van der Waals surface area contributed by atoms with Crippen molar-refractivity contribution in [3.63, 3.8) is 0 Å². The second-order valence-corrected chi connectivity index (χ2v) is 5.89. The number of carbonyl (C=O) groups excluding carboxylic acids is 1. The zero-order chi connectivity index (χ0) is 16.5. The normalized spacial score (nSPS) is 17.4. The molecule has 4 rings (SSSR count). The predicted octanol–water partition coefficient (Wildman–Crippen LogP) is 2.54. The van der Waals surface area contributed by atoms with E-state index in [0.29, 0.717) is 11.4 Å². The number of aryl methyl sites for hydroxylation is 1. The van der Waals surface area contributed by atoms with Crippen molar-refractivity contribution < 1.29 is 9.32 Å². The van der Waals surface area contributed by atoms with Crippen LogP contribution in [0.15, 0.2) is 47.6 Å². The Morgan fingerprint density at radius 2 is 2.25 bits per heavy atom. The molecular weight excluding hydrogens is 306 g/mol. The van der Waals surface area contributed by atoms with Crippen molar-refractivity contribution in [1.82, 2.24) is 24.6 Å². The standard InChI is InChI=1S/C17H17N5O2/c1-12-9-14(20-24-12)15-3-2-7-22(15)17(23)13-4-5-19-16(10-13)21-8-6-18-11-21/h4-6,8-11,15H,2-3,7H2,1H3. The van der Waals surface area contributed by atoms with Gasteiger partial charge in [-0.25, -0.2) is 9.97 Å². The molecule has 7 heteroatoms. The van der Waals surface area contributed by atoms with Gasteiger partial charge in [-0.15, -0.1) is 0 Å². The number of imidazole rings is 1. The van der Waals surface area contributed by atoms with Crippen LogP contribution in [0.4, 0.5) is 0 Å². The summed E-state index contributed by atoms with van der Waals surface area (Å²) in [5.74, 6) is 1.42. The topological polar surface area (TPSA) is 77.1 Å². The van der Waals surface area contributed by atoms with Gasteiger partial charge in [-0.1, -0.05) is 5.16 Å². The van der Waals surface area contributed by atoms with Crippen LogP contribution in [0.25, 0.3) is 5.82 Å². The summed E-state index contributed by atoms with van der Waals surface area (Å²) >= 11 is 0. The molecule has 1 saturated heterocycles. The largest absolute Gasteiger partial charge is 0.361 e. The molecule has 1 amide bonds. The Kier molecular flexibility index (Phi) is 3.60. The number of aromatic nitrogens is 4. The van der Waals surface area contributed by atoms with Crippen molar-refractivity contribution in [2.45, 2.75) is 25.8 Å². The van der Waals surface area contributed by atoms with E-state index >= 15 is 0 Å². The second kappa shape index (κ2) is 5.92. The molecule has 0 spiro atoms. The van der Waals surface area contributed by atoms with Gasteiger partial charge in [0, 0.05) is 36.8 Å². The van der Waals surface area contributed by atoms with E-state index in [9.17, 15) is 4.79 Å². The second-order valence-electron chi connectivity index (χ2n) is 5.89. The molecule has 1 unspecified atom stereocenters. The lowest BCUT2D eigenvalue weighted by atomic mass is 10.1. The van der Waals surface area contributed by atoms with E-state index in [1.807, 2.05) is 17.9 Å². The Bertz CT molecular complexity index is 856. The van der Waals surface area contributed by atoms with E-state index in [0.717, 1.165) is 30.8 Å². The summed E-state index contributed by atoms with van der Waals surface area (Å²) in [7, 11) is 0. The Labute approximate surface area is 138 Å². The minimum Gasteiger partial charge on any atom is -0.361 e. The molecule has 0 aliphatic carbocycles. The number of hydrogen-bond acceptors (Lipinski definition) is 5. The lowest BCUT2D eigenvalue weighted by Crippen LogP contribution is -2.30. The number of carbonyl (C=O) groups is 1. The number of likely N-dealkylation sites (tertiary alicyclic amines) is 1. The van der Waals surface area contributed by atoms with Gasteiger partial charge in [0.15, 0.2) is 0 Å². The molecule has 7 nitrogen and oxygen atoms in total. The molecule has 1 atom stereocenters. The van der Waals surface area contributed by atoms with Gasteiger partial charge in [-0.05, 0) is 31.9 Å². The third-order valence-corrected chi connectivity index (χ3v) is 4.26. The maximum Gasteiger partial charge on any atom is 0.254 e. The summed E-state index contributed by atoms with van der Waals surface area (Å²) in [5.41, 5.74) is 1.43. The van der Waals surface area contributed by atoms with Gasteiger partial charge in [0.1, 0.15) is 23.6 Å². The minimum atomic E-state index is -0.0280. The highest BCUT2D eigenvalue weighted by Gasteiger charge is 2.32. The van der Waals surface area contributed by atoms with E-state index in [2.05, 4.69) is 15.1 Å². The van der Waals surface area contributed by atoms with Crippen molar-refractivity contribution >= 4 is 5.91 Å². The summed E-state index contributed by atoms with van der Waals surface area (Å²) in [6, 6.07) is 5.40. The van der Waals surface area contributed by atoms with Crippen molar-refractivity contribution in [2.75, 3.05) is 6.54 Å². The number of hydrogen-bond donors (Lipinski definition) is 0. The first-order valence-electron chi connectivity index (χ1n) is 7.91. The third-order valence-electron chi connectivity index (χ3n) is 4.26. The first-order chi connectivity index (χ1) is 11.7. The molecule has 0 N–H and O–H groups in total. The number of pyridine rings is 1. The highest BCUT2D eigenvalue weighted by atomic mass is 16.5. The van der Waals surface area contributed by atoms with Gasteiger partial charge in [0.05, 0.1) is 6.04 Å². The average molecular weight is 323 g/mol. The average Bonchev–Trinajstić information content (AvgIpc) is 3.35. The van der Waals surface area contributed by atoms with Crippen LogP contribution in [0, 0.1) is 6.92 Å². The summed E-state index contributed by atoms with van der Waals surface area (Å²) in [5, 5.41) is 4.09. The molecule has 0 radical (unpaired) electrons. The van der Waals surface area contributed by atoms with Gasteiger partial charge in [-0.3, -0.25) is 9.36 Å². The van der Waals surface area contributed by atoms with Crippen LogP contribution in [-0.2, 0) is 0 Å². The first kappa shape index (κ1) is 14.6. The zero-order valence-electron chi connectivity index (χ0n) is 13.3. The molecule has 3 aromatic rings. The third kappa shape index (κ3) is 2.58. The van der Waals surface area contributed by atoms with Gasteiger partial charge >= 0.3 is 0 Å². The Morgan fingerprint density at radius 1 is 1.33 bits per heavy atom. The molecule has 0 saturated carbocycles. The van der Waals surface area contributed by atoms with Crippen molar-refractivity contribution in [2.24, 2.45) is 0 Å². The van der Waals surface area contributed by atoms with Crippen molar-refractivity contribution in [3.05, 3.63) is 60.1 Å². The Hall–Kier alpha value is -2.96. The zero-order valence-corrected chi connectivity index (χ0v) is 13.3. The van der Waals surface area contributed by atoms with Crippen LogP contribution >= 0.6 is 0 Å². The predicted molar refractivity (Wildman–Crippen MR) is 85.6 cm³/mol. The van der Waals surface area contributed by atoms with E-state index < -0.39 is 0 Å². The maximum atomic E-state index is 13.0. The van der Waals surface area contributed by atoms with Crippen molar-refractivity contribution in [3.8, 4) is 5.82 Å². The monoisotopic (exact) mass is 323 g/mol. The molecule has 1 fully saturated rings. The maximum absolute atomic E-state index is 13.0. The van der Waals surface area contributed by atoms with Gasteiger partial charge in [0.25, 0.3) is 5.91 Å². The van der Waals surface area contributed by atoms with Gasteiger partial charge < -0.3 is 9.42 Å². The van der Waals surface area contributed by atoms with Crippen LogP contribution in [0.1, 0.15) is 40.7 Å². The van der Waals surface area contributed by atoms with E-state index in [1.54, 1.807) is 41.6 Å². The van der Waals surface area contributed by atoms with Crippen LogP contribution in [0.5, 0.6) is 0 Å². The Balaban J connectivity index is 1.62. The van der Waals surface area contributed by atoms with Crippen LogP contribution in [-0.4, -0.2) is 37.0 Å². The molecule has 0 aromatic carbocycles. The molecule has 0 bridgehead atoms. The van der Waals surface area contributed by atoms with Gasteiger partial charge in [0.2, 0.25) is 0 Å². The quantitative estimate of drug-likeness (QED) is 0.740. The summed E-state index contributed by atoms with van der Waals surface area (Å²) in [6.45, 7) is 2.58. The molecule has 122 valence electrons. The van der Waals surface area contributed by atoms with E-state index in [1.165, 1.54) is 0 Å². The molecule has 1 aliphatic rings. The lowest BCUT2D eigenvalue weighted by Gasteiger charge is -2.23. The van der Waals surface area contributed by atoms with E-state index in [-0.39, 0.29) is 11.9 Å². The summed E-state index contributed by atoms with van der Waals surface area (Å²) in [6.07, 6.45) is 8.65. The Morgan fingerprint density at radius 3 is 3.00 bits per heavy atom. The van der Waals surface area contributed by atoms with Crippen LogP contribution in [0.3, 0.4) is 0 Å². The number of amides is 1. The lowest BCUT2D eigenvalue weighted by molar-refractivity contribution is 0.0730. The molecular formula is C17H17N5O2. The fourth-order valence-corrected chi connectivity index (χ4v) is 3.11.